The van der Waals surface area contributed by atoms with Crippen LogP contribution >= 0.6 is 0 Å². The molecule has 1 atom stereocenters. The predicted molar refractivity (Wildman–Crippen MR) is 84.8 cm³/mol. The van der Waals surface area contributed by atoms with Crippen LogP contribution in [0.4, 0.5) is 10.1 Å². The molecule has 0 bridgehead atoms. The maximum atomic E-state index is 12.9. The van der Waals surface area contributed by atoms with Crippen LogP contribution in [0.5, 0.6) is 0 Å². The van der Waals surface area contributed by atoms with Gasteiger partial charge in [-0.25, -0.2) is 4.39 Å². The monoisotopic (exact) mass is 287 g/mol. The first-order valence-electron chi connectivity index (χ1n) is 7.21. The van der Waals surface area contributed by atoms with Gasteiger partial charge in [-0.2, -0.15) is 0 Å². The quantitative estimate of drug-likeness (QED) is 0.881. The average Bonchev–Trinajstić information content (AvgIpc) is 2.50. The molecule has 0 aliphatic carbocycles. The van der Waals surface area contributed by atoms with Gasteiger partial charge >= 0.3 is 0 Å². The number of nitrogens with zero attached hydrogens (tertiary/aromatic N) is 2. The topological polar surface area (TPSA) is 28.2 Å². The Kier molecular flexibility index (Phi) is 5.28. The van der Waals surface area contributed by atoms with Crippen molar-refractivity contribution in [3.05, 3.63) is 59.7 Å². The molecular formula is C17H22FN3. The highest BCUT2D eigenvalue weighted by Gasteiger charge is 2.10. The molecule has 0 spiro atoms. The summed E-state index contributed by atoms with van der Waals surface area (Å²) in [5.74, 6) is -0.298. The van der Waals surface area contributed by atoms with Crippen molar-refractivity contribution >= 4 is 5.69 Å². The predicted octanol–water partition coefficient (Wildman–Crippen LogP) is 3.53. The smallest absolute Gasteiger partial charge is 0.141 e. The second kappa shape index (κ2) is 7.18. The first-order chi connectivity index (χ1) is 10.1. The van der Waals surface area contributed by atoms with Crippen LogP contribution < -0.4 is 10.2 Å². The summed E-state index contributed by atoms with van der Waals surface area (Å²) in [6.45, 7) is 2.86. The van der Waals surface area contributed by atoms with Crippen molar-refractivity contribution in [2.45, 2.75) is 25.9 Å². The Labute approximate surface area is 125 Å². The molecule has 0 amide bonds. The third-order valence-corrected chi connectivity index (χ3v) is 3.52. The lowest BCUT2D eigenvalue weighted by atomic mass is 10.1. The molecule has 1 N–H and O–H groups in total. The fraction of sp³-hybridized carbons (Fsp3) is 0.353. The Bertz CT molecular complexity index is 549. The van der Waals surface area contributed by atoms with Gasteiger partial charge in [0.05, 0.1) is 11.9 Å². The molecule has 0 radical (unpaired) electrons. The minimum absolute atomic E-state index is 0.138. The molecule has 0 fully saturated rings. The number of pyridine rings is 1. The van der Waals surface area contributed by atoms with Gasteiger partial charge in [0.2, 0.25) is 0 Å². The molecule has 112 valence electrons. The van der Waals surface area contributed by atoms with E-state index >= 15 is 0 Å². The summed E-state index contributed by atoms with van der Waals surface area (Å²) in [4.78, 5) is 6.23. The Morgan fingerprint density at radius 1 is 1.14 bits per heavy atom. The number of halogens is 1. The third-order valence-electron chi connectivity index (χ3n) is 3.52. The van der Waals surface area contributed by atoms with Crippen LogP contribution in [0, 0.1) is 5.82 Å². The van der Waals surface area contributed by atoms with Crippen LogP contribution in [-0.2, 0) is 6.54 Å². The first kappa shape index (κ1) is 15.4. The number of hydrogen-bond donors (Lipinski definition) is 1. The van der Waals surface area contributed by atoms with E-state index in [2.05, 4.69) is 46.4 Å². The number of benzene rings is 1. The zero-order chi connectivity index (χ0) is 15.2. The third kappa shape index (κ3) is 4.26. The molecule has 0 saturated heterocycles. The van der Waals surface area contributed by atoms with E-state index in [4.69, 9.17) is 0 Å². The Hall–Kier alpha value is -1.94. The molecule has 1 aromatic carbocycles. The van der Waals surface area contributed by atoms with Crippen molar-refractivity contribution in [2.24, 2.45) is 0 Å². The Balaban J connectivity index is 1.98. The van der Waals surface area contributed by atoms with Gasteiger partial charge in [0.25, 0.3) is 0 Å². The number of rotatable bonds is 6. The molecule has 2 rings (SSSR count). The highest BCUT2D eigenvalue weighted by atomic mass is 19.1. The maximum Gasteiger partial charge on any atom is 0.141 e. The van der Waals surface area contributed by atoms with Crippen LogP contribution in [0.15, 0.2) is 42.6 Å². The van der Waals surface area contributed by atoms with Crippen LogP contribution in [-0.4, -0.2) is 19.1 Å². The van der Waals surface area contributed by atoms with E-state index < -0.39 is 0 Å². The van der Waals surface area contributed by atoms with Crippen molar-refractivity contribution in [2.75, 3.05) is 19.0 Å². The molecule has 4 heteroatoms. The lowest BCUT2D eigenvalue weighted by Crippen LogP contribution is -2.21. The average molecular weight is 287 g/mol. The van der Waals surface area contributed by atoms with Crippen LogP contribution in [0.2, 0.25) is 0 Å². The molecule has 1 unspecified atom stereocenters. The van der Waals surface area contributed by atoms with Crippen LogP contribution in [0.1, 0.15) is 30.6 Å². The highest BCUT2D eigenvalue weighted by Crippen LogP contribution is 2.16. The molecule has 0 aliphatic rings. The second-order valence-electron chi connectivity index (χ2n) is 5.30. The zero-order valence-electron chi connectivity index (χ0n) is 12.8. The number of nitrogens with one attached hydrogen (secondary N) is 1. The SMILES string of the molecule is CCC(NCc1ccc(N(C)C)cc1)c1ccc(F)cn1. The molecule has 1 heterocycles. The lowest BCUT2D eigenvalue weighted by molar-refractivity contribution is 0.504. The van der Waals surface area contributed by atoms with Gasteiger partial charge in [-0.05, 0) is 36.2 Å². The summed E-state index contributed by atoms with van der Waals surface area (Å²) in [6, 6.07) is 11.8. The van der Waals surface area contributed by atoms with Gasteiger partial charge in [0, 0.05) is 32.4 Å². The number of hydrogen-bond acceptors (Lipinski definition) is 3. The minimum Gasteiger partial charge on any atom is -0.378 e. The molecular weight excluding hydrogens is 265 g/mol. The summed E-state index contributed by atoms with van der Waals surface area (Å²) >= 11 is 0. The van der Waals surface area contributed by atoms with Crippen LogP contribution in [0.3, 0.4) is 0 Å². The van der Waals surface area contributed by atoms with E-state index in [1.165, 1.54) is 23.5 Å². The number of aromatic nitrogens is 1. The normalized spacial score (nSPS) is 12.2. The van der Waals surface area contributed by atoms with E-state index in [-0.39, 0.29) is 11.9 Å². The molecule has 3 nitrogen and oxygen atoms in total. The van der Waals surface area contributed by atoms with Gasteiger partial charge in [-0.3, -0.25) is 4.98 Å². The summed E-state index contributed by atoms with van der Waals surface area (Å²) < 4.78 is 12.9. The summed E-state index contributed by atoms with van der Waals surface area (Å²) in [5, 5.41) is 3.47. The molecule has 0 saturated carbocycles. The van der Waals surface area contributed by atoms with Crippen molar-refractivity contribution in [1.82, 2.24) is 10.3 Å². The molecule has 21 heavy (non-hydrogen) atoms. The van der Waals surface area contributed by atoms with E-state index in [9.17, 15) is 4.39 Å². The fourth-order valence-corrected chi connectivity index (χ4v) is 2.20. The highest BCUT2D eigenvalue weighted by molar-refractivity contribution is 5.45. The Morgan fingerprint density at radius 2 is 1.86 bits per heavy atom. The summed E-state index contributed by atoms with van der Waals surface area (Å²) in [6.07, 6.45) is 2.18. The fourth-order valence-electron chi connectivity index (χ4n) is 2.20. The van der Waals surface area contributed by atoms with Gasteiger partial charge in [0.15, 0.2) is 0 Å². The summed E-state index contributed by atoms with van der Waals surface area (Å²) in [7, 11) is 4.06. The minimum atomic E-state index is -0.298. The summed E-state index contributed by atoms with van der Waals surface area (Å²) in [5.41, 5.74) is 3.29. The first-order valence-corrected chi connectivity index (χ1v) is 7.21. The van der Waals surface area contributed by atoms with Crippen molar-refractivity contribution < 1.29 is 4.39 Å². The number of anilines is 1. The Morgan fingerprint density at radius 3 is 2.38 bits per heavy atom. The van der Waals surface area contributed by atoms with Crippen molar-refractivity contribution in [1.29, 1.82) is 0 Å². The van der Waals surface area contributed by atoms with Crippen molar-refractivity contribution in [3.63, 3.8) is 0 Å². The molecule has 2 aromatic rings. The van der Waals surface area contributed by atoms with Gasteiger partial charge < -0.3 is 10.2 Å². The maximum absolute atomic E-state index is 12.9. The zero-order valence-corrected chi connectivity index (χ0v) is 12.8. The van der Waals surface area contributed by atoms with Gasteiger partial charge in [-0.15, -0.1) is 0 Å². The largest absolute Gasteiger partial charge is 0.378 e. The second-order valence-corrected chi connectivity index (χ2v) is 5.30. The van der Waals surface area contributed by atoms with Crippen molar-refractivity contribution in [3.8, 4) is 0 Å². The van der Waals surface area contributed by atoms with Crippen LogP contribution in [0.25, 0.3) is 0 Å². The van der Waals surface area contributed by atoms with Gasteiger partial charge in [0.1, 0.15) is 5.82 Å². The van der Waals surface area contributed by atoms with E-state index in [1.54, 1.807) is 6.07 Å². The van der Waals surface area contributed by atoms with Gasteiger partial charge in [-0.1, -0.05) is 19.1 Å². The van der Waals surface area contributed by atoms with E-state index in [0.29, 0.717) is 0 Å². The van der Waals surface area contributed by atoms with E-state index in [0.717, 1.165) is 18.7 Å². The van der Waals surface area contributed by atoms with E-state index in [1.807, 2.05) is 14.1 Å². The standard InChI is InChI=1S/C17H22FN3/c1-4-16(17-10-7-14(18)12-20-17)19-11-13-5-8-15(9-6-13)21(2)3/h5-10,12,16,19H,4,11H2,1-3H3. The lowest BCUT2D eigenvalue weighted by Gasteiger charge is -2.17. The molecule has 0 aliphatic heterocycles. The molecule has 1 aromatic heterocycles.